The Balaban J connectivity index is 2.07. The molecule has 2 aromatic carbocycles. The Hall–Kier alpha value is -1.71. The molecule has 3 heteroatoms. The Labute approximate surface area is 124 Å². The van der Waals surface area contributed by atoms with E-state index >= 15 is 0 Å². The van der Waals surface area contributed by atoms with Crippen LogP contribution in [0, 0.1) is 5.82 Å². The summed E-state index contributed by atoms with van der Waals surface area (Å²) in [6, 6.07) is 16.4. The number of nitrogens with zero attached hydrogens (tertiary/aromatic N) is 1. The Bertz CT molecular complexity index is 616. The quantitative estimate of drug-likeness (QED) is 0.916. The summed E-state index contributed by atoms with van der Waals surface area (Å²) in [6.07, 6.45) is 0.604. The van der Waals surface area contributed by atoms with Crippen molar-refractivity contribution < 1.29 is 9.50 Å². The molecule has 1 aliphatic heterocycles. The van der Waals surface area contributed by atoms with Crippen molar-refractivity contribution in [2.24, 2.45) is 0 Å². The maximum atomic E-state index is 14.2. The van der Waals surface area contributed by atoms with E-state index in [0.29, 0.717) is 18.5 Å². The van der Waals surface area contributed by atoms with E-state index in [4.69, 9.17) is 0 Å². The fourth-order valence-corrected chi connectivity index (χ4v) is 3.28. The lowest BCUT2D eigenvalue weighted by molar-refractivity contribution is -0.0428. The number of halogens is 1. The van der Waals surface area contributed by atoms with Gasteiger partial charge in [0, 0.05) is 19.0 Å². The van der Waals surface area contributed by atoms with Crippen molar-refractivity contribution in [2.45, 2.75) is 17.9 Å². The molecule has 21 heavy (non-hydrogen) atoms. The molecule has 1 heterocycles. The summed E-state index contributed by atoms with van der Waals surface area (Å²) >= 11 is 0. The van der Waals surface area contributed by atoms with Crippen molar-refractivity contribution in [3.63, 3.8) is 0 Å². The monoisotopic (exact) mass is 285 g/mol. The number of aliphatic hydroxyl groups is 1. The first-order chi connectivity index (χ1) is 10.1. The average molecular weight is 285 g/mol. The van der Waals surface area contributed by atoms with Gasteiger partial charge in [-0.05, 0) is 30.7 Å². The molecule has 0 bridgehead atoms. The smallest absolute Gasteiger partial charge is 0.126 e. The zero-order valence-corrected chi connectivity index (χ0v) is 12.2. The molecule has 0 spiro atoms. The second kappa shape index (κ2) is 5.58. The Kier molecular flexibility index (Phi) is 3.79. The van der Waals surface area contributed by atoms with E-state index in [1.54, 1.807) is 12.1 Å². The lowest BCUT2D eigenvalue weighted by Gasteiger charge is -2.44. The zero-order valence-electron chi connectivity index (χ0n) is 12.2. The number of likely N-dealkylation sites (N-methyl/N-ethyl adjacent to an activating group) is 1. The van der Waals surface area contributed by atoms with Crippen LogP contribution in [0.5, 0.6) is 0 Å². The van der Waals surface area contributed by atoms with E-state index in [9.17, 15) is 9.50 Å². The van der Waals surface area contributed by atoms with Crippen molar-refractivity contribution in [3.8, 4) is 0 Å². The third kappa shape index (κ3) is 2.59. The maximum absolute atomic E-state index is 14.2. The summed E-state index contributed by atoms with van der Waals surface area (Å²) in [5.41, 5.74) is 0.442. The summed E-state index contributed by atoms with van der Waals surface area (Å²) < 4.78 is 14.2. The van der Waals surface area contributed by atoms with Crippen LogP contribution >= 0.6 is 0 Å². The second-order valence-electron chi connectivity index (χ2n) is 5.88. The molecule has 0 radical (unpaired) electrons. The fraction of sp³-hybridized carbons (Fsp3) is 0.333. The molecule has 1 aliphatic rings. The fourth-order valence-electron chi connectivity index (χ4n) is 3.28. The molecule has 0 aliphatic carbocycles. The normalized spacial score (nSPS) is 26.7. The van der Waals surface area contributed by atoms with Gasteiger partial charge in [0.25, 0.3) is 0 Å². The molecule has 0 amide bonds. The molecular weight excluding hydrogens is 265 g/mol. The van der Waals surface area contributed by atoms with Crippen molar-refractivity contribution in [1.29, 1.82) is 0 Å². The van der Waals surface area contributed by atoms with Gasteiger partial charge in [-0.15, -0.1) is 0 Å². The minimum Gasteiger partial charge on any atom is -0.384 e. The predicted molar refractivity (Wildman–Crippen MR) is 81.6 cm³/mol. The number of rotatable bonds is 2. The number of benzene rings is 2. The predicted octanol–water partition coefficient (Wildman–Crippen LogP) is 3.13. The molecule has 110 valence electrons. The molecule has 0 saturated carbocycles. The van der Waals surface area contributed by atoms with Crippen molar-refractivity contribution in [1.82, 2.24) is 4.90 Å². The SMILES string of the molecule is CN1CC[C@](O)(c2ccccc2)[C@@H](c2ccccc2F)C1. The third-order valence-electron chi connectivity index (χ3n) is 4.50. The highest BCUT2D eigenvalue weighted by Gasteiger charge is 2.43. The Morgan fingerprint density at radius 3 is 2.48 bits per heavy atom. The molecule has 0 unspecified atom stereocenters. The van der Waals surface area contributed by atoms with Gasteiger partial charge in [-0.2, -0.15) is 0 Å². The highest BCUT2D eigenvalue weighted by atomic mass is 19.1. The summed E-state index contributed by atoms with van der Waals surface area (Å²) in [6.45, 7) is 1.45. The van der Waals surface area contributed by atoms with Gasteiger partial charge < -0.3 is 10.0 Å². The molecular formula is C18H20FNO. The van der Waals surface area contributed by atoms with E-state index in [1.807, 2.05) is 43.4 Å². The van der Waals surface area contributed by atoms with Gasteiger partial charge in [0.1, 0.15) is 5.82 Å². The summed E-state index contributed by atoms with van der Waals surface area (Å²) in [5.74, 6) is -0.507. The van der Waals surface area contributed by atoms with Gasteiger partial charge in [-0.1, -0.05) is 48.5 Å². The average Bonchev–Trinajstić information content (AvgIpc) is 2.51. The minimum atomic E-state index is -1.02. The molecule has 1 fully saturated rings. The van der Waals surface area contributed by atoms with Crippen LogP contribution in [0.1, 0.15) is 23.5 Å². The van der Waals surface area contributed by atoms with Crippen LogP contribution in [0.25, 0.3) is 0 Å². The molecule has 2 aromatic rings. The van der Waals surface area contributed by atoms with E-state index in [2.05, 4.69) is 4.90 Å². The largest absolute Gasteiger partial charge is 0.384 e. The molecule has 0 aromatic heterocycles. The molecule has 1 saturated heterocycles. The first-order valence-electron chi connectivity index (χ1n) is 7.32. The Morgan fingerprint density at radius 2 is 1.76 bits per heavy atom. The number of likely N-dealkylation sites (tertiary alicyclic amines) is 1. The van der Waals surface area contributed by atoms with Gasteiger partial charge >= 0.3 is 0 Å². The number of piperidine rings is 1. The van der Waals surface area contributed by atoms with Crippen LogP contribution in [0.15, 0.2) is 54.6 Å². The Morgan fingerprint density at radius 1 is 1.10 bits per heavy atom. The van der Waals surface area contributed by atoms with Gasteiger partial charge in [-0.3, -0.25) is 0 Å². The van der Waals surface area contributed by atoms with Gasteiger partial charge in [-0.25, -0.2) is 4.39 Å². The van der Waals surface area contributed by atoms with Crippen LogP contribution in [0.4, 0.5) is 4.39 Å². The van der Waals surface area contributed by atoms with Gasteiger partial charge in [0.2, 0.25) is 0 Å². The number of hydrogen-bond donors (Lipinski definition) is 1. The highest BCUT2D eigenvalue weighted by Crippen LogP contribution is 2.43. The summed E-state index contributed by atoms with van der Waals surface area (Å²) in [4.78, 5) is 2.15. The maximum Gasteiger partial charge on any atom is 0.126 e. The first kappa shape index (κ1) is 14.2. The van der Waals surface area contributed by atoms with E-state index in [0.717, 1.165) is 12.1 Å². The first-order valence-corrected chi connectivity index (χ1v) is 7.32. The topological polar surface area (TPSA) is 23.5 Å². The second-order valence-corrected chi connectivity index (χ2v) is 5.88. The molecule has 2 atom stereocenters. The standard InChI is InChI=1S/C18H20FNO/c1-20-12-11-18(21,14-7-3-2-4-8-14)16(13-20)15-9-5-6-10-17(15)19/h2-10,16,21H,11-13H2,1H3/t16-,18+/m1/s1. The van der Waals surface area contributed by atoms with Crippen molar-refractivity contribution in [2.75, 3.05) is 20.1 Å². The minimum absolute atomic E-state index is 0.243. The van der Waals surface area contributed by atoms with Gasteiger partial charge in [0.15, 0.2) is 0 Å². The molecule has 3 rings (SSSR count). The number of hydrogen-bond acceptors (Lipinski definition) is 2. The van der Waals surface area contributed by atoms with Crippen LogP contribution in [-0.2, 0) is 5.60 Å². The lowest BCUT2D eigenvalue weighted by atomic mass is 9.72. The third-order valence-corrected chi connectivity index (χ3v) is 4.50. The summed E-state index contributed by atoms with van der Waals surface area (Å²) in [5, 5.41) is 11.3. The van der Waals surface area contributed by atoms with E-state index in [1.165, 1.54) is 6.07 Å². The van der Waals surface area contributed by atoms with Crippen LogP contribution in [0.3, 0.4) is 0 Å². The zero-order chi connectivity index (χ0) is 14.9. The molecule has 1 N–H and O–H groups in total. The summed E-state index contributed by atoms with van der Waals surface area (Å²) in [7, 11) is 2.01. The van der Waals surface area contributed by atoms with Gasteiger partial charge in [0.05, 0.1) is 5.60 Å². The highest BCUT2D eigenvalue weighted by molar-refractivity contribution is 5.33. The van der Waals surface area contributed by atoms with Crippen LogP contribution in [0.2, 0.25) is 0 Å². The van der Waals surface area contributed by atoms with Crippen molar-refractivity contribution in [3.05, 3.63) is 71.5 Å². The van der Waals surface area contributed by atoms with Crippen LogP contribution in [-0.4, -0.2) is 30.1 Å². The van der Waals surface area contributed by atoms with Crippen LogP contribution < -0.4 is 0 Å². The van der Waals surface area contributed by atoms with Crippen molar-refractivity contribution >= 4 is 0 Å². The van der Waals surface area contributed by atoms with E-state index in [-0.39, 0.29) is 11.7 Å². The lowest BCUT2D eigenvalue weighted by Crippen LogP contribution is -2.47. The van der Waals surface area contributed by atoms with E-state index < -0.39 is 5.60 Å². The molecule has 2 nitrogen and oxygen atoms in total.